The summed E-state index contributed by atoms with van der Waals surface area (Å²) in [4.78, 5) is 7.01. The Morgan fingerprint density at radius 1 is 1.21 bits per heavy atom. The lowest BCUT2D eigenvalue weighted by Gasteiger charge is -2.31. The van der Waals surface area contributed by atoms with Crippen LogP contribution in [-0.2, 0) is 6.42 Å². The minimum Gasteiger partial charge on any atom is -0.475 e. The number of aliphatic hydroxyl groups is 1. The van der Waals surface area contributed by atoms with E-state index < -0.39 is 18.2 Å². The van der Waals surface area contributed by atoms with E-state index in [0.29, 0.717) is 22.5 Å². The van der Waals surface area contributed by atoms with E-state index in [1.54, 1.807) is 26.0 Å². The van der Waals surface area contributed by atoms with Crippen LogP contribution in [0, 0.1) is 5.92 Å². The van der Waals surface area contributed by atoms with Crippen LogP contribution in [0.2, 0.25) is 0 Å². The molecule has 2 rings (SSSR count). The van der Waals surface area contributed by atoms with E-state index in [2.05, 4.69) is 9.97 Å². The number of nitrogens with one attached hydrogen (secondary N) is 1. The van der Waals surface area contributed by atoms with Crippen molar-refractivity contribution in [3.8, 4) is 5.88 Å². The number of halogens is 3. The van der Waals surface area contributed by atoms with Gasteiger partial charge in [-0.05, 0) is 32.3 Å². The van der Waals surface area contributed by atoms with Crippen molar-refractivity contribution in [3.63, 3.8) is 0 Å². The molecule has 7 heteroatoms. The zero-order chi connectivity index (χ0) is 18.1. The summed E-state index contributed by atoms with van der Waals surface area (Å²) in [5, 5.41) is 10.9. The molecule has 2 N–H and O–H groups in total. The molecule has 0 bridgehead atoms. The highest BCUT2D eigenvalue weighted by Gasteiger charge is 2.53. The highest BCUT2D eigenvalue weighted by atomic mass is 19.4. The molecule has 0 aromatic carbocycles. The topological polar surface area (TPSA) is 58.1 Å². The first-order valence-electron chi connectivity index (χ1n) is 7.93. The summed E-state index contributed by atoms with van der Waals surface area (Å²) in [6.45, 7) is 7.04. The summed E-state index contributed by atoms with van der Waals surface area (Å²) in [6, 6.07) is 3.27. The van der Waals surface area contributed by atoms with E-state index >= 15 is 0 Å². The highest BCUT2D eigenvalue weighted by Crippen LogP contribution is 2.38. The van der Waals surface area contributed by atoms with Crippen LogP contribution in [0.4, 0.5) is 13.2 Å². The Balaban J connectivity index is 2.30. The van der Waals surface area contributed by atoms with Gasteiger partial charge in [-0.2, -0.15) is 13.2 Å². The molecule has 24 heavy (non-hydrogen) atoms. The number of aromatic amines is 1. The van der Waals surface area contributed by atoms with E-state index in [1.165, 1.54) is 6.20 Å². The minimum absolute atomic E-state index is 0.0466. The third kappa shape index (κ3) is 4.20. The van der Waals surface area contributed by atoms with Gasteiger partial charge in [0.15, 0.2) is 5.60 Å². The Kier molecular flexibility index (Phi) is 5.13. The number of aromatic nitrogens is 2. The van der Waals surface area contributed by atoms with Crippen LogP contribution >= 0.6 is 0 Å². The second-order valence-electron chi connectivity index (χ2n) is 6.88. The highest BCUT2D eigenvalue weighted by molar-refractivity contribution is 5.80. The van der Waals surface area contributed by atoms with Crippen molar-refractivity contribution in [2.45, 2.75) is 58.4 Å². The number of hydrogen-bond acceptors (Lipinski definition) is 3. The zero-order valence-corrected chi connectivity index (χ0v) is 14.2. The molecule has 1 atom stereocenters. The SMILES string of the molecule is CC(C)CC(O)(Cc1cc2cc(OC(C)C)ncc2[nH]1)C(F)(F)F. The molecule has 0 aliphatic carbocycles. The lowest BCUT2D eigenvalue weighted by atomic mass is 9.87. The van der Waals surface area contributed by atoms with Gasteiger partial charge >= 0.3 is 6.18 Å². The molecular weight excluding hydrogens is 321 g/mol. The maximum Gasteiger partial charge on any atom is 0.417 e. The summed E-state index contributed by atoms with van der Waals surface area (Å²) in [6.07, 6.45) is -4.10. The maximum absolute atomic E-state index is 13.3. The van der Waals surface area contributed by atoms with Gasteiger partial charge in [-0.15, -0.1) is 0 Å². The van der Waals surface area contributed by atoms with Crippen molar-refractivity contribution in [1.29, 1.82) is 0 Å². The van der Waals surface area contributed by atoms with Gasteiger partial charge in [0, 0.05) is 23.6 Å². The van der Waals surface area contributed by atoms with Crippen LogP contribution in [0.15, 0.2) is 18.3 Å². The molecule has 134 valence electrons. The van der Waals surface area contributed by atoms with E-state index in [4.69, 9.17) is 4.74 Å². The van der Waals surface area contributed by atoms with Gasteiger partial charge in [0.25, 0.3) is 0 Å². The molecule has 1 unspecified atom stereocenters. The minimum atomic E-state index is -4.70. The van der Waals surface area contributed by atoms with Gasteiger partial charge in [0.1, 0.15) is 0 Å². The Labute approximate surface area is 139 Å². The molecule has 0 radical (unpaired) electrons. The number of ether oxygens (including phenoxy) is 1. The van der Waals surface area contributed by atoms with Crippen LogP contribution in [-0.4, -0.2) is 33.0 Å². The van der Waals surface area contributed by atoms with Crippen molar-refractivity contribution in [1.82, 2.24) is 9.97 Å². The fourth-order valence-corrected chi connectivity index (χ4v) is 2.75. The van der Waals surface area contributed by atoms with Gasteiger partial charge < -0.3 is 14.8 Å². The Morgan fingerprint density at radius 3 is 2.42 bits per heavy atom. The fourth-order valence-electron chi connectivity index (χ4n) is 2.75. The number of fused-ring (bicyclic) bond motifs is 1. The number of alkyl halides is 3. The molecule has 0 fully saturated rings. The van der Waals surface area contributed by atoms with Gasteiger partial charge in [-0.3, -0.25) is 0 Å². The zero-order valence-electron chi connectivity index (χ0n) is 14.2. The molecule has 2 aromatic heterocycles. The summed E-state index contributed by atoms with van der Waals surface area (Å²) in [5.41, 5.74) is -1.84. The van der Waals surface area contributed by atoms with Crippen LogP contribution in [0.3, 0.4) is 0 Å². The Hall–Kier alpha value is -1.76. The second kappa shape index (κ2) is 6.63. The quantitative estimate of drug-likeness (QED) is 0.824. The standard InChI is InChI=1S/C17H23F3N2O2/c1-10(2)7-16(23,17(18,19)20)8-13-5-12-6-15(24-11(3)4)21-9-14(12)22-13/h5-6,9-11,22-23H,7-8H2,1-4H3. The Morgan fingerprint density at radius 2 is 1.88 bits per heavy atom. The van der Waals surface area contributed by atoms with E-state index in [1.807, 2.05) is 13.8 Å². The monoisotopic (exact) mass is 344 g/mol. The van der Waals surface area contributed by atoms with Crippen molar-refractivity contribution in [2.24, 2.45) is 5.92 Å². The average Bonchev–Trinajstić information content (AvgIpc) is 2.76. The molecule has 2 aromatic rings. The molecule has 0 saturated carbocycles. The first kappa shape index (κ1) is 18.6. The predicted molar refractivity (Wildman–Crippen MR) is 86.0 cm³/mol. The fraction of sp³-hybridized carbons (Fsp3) is 0.588. The Bertz CT molecular complexity index is 695. The lowest BCUT2D eigenvalue weighted by molar-refractivity contribution is -0.265. The number of nitrogens with zero attached hydrogens (tertiary/aromatic N) is 1. The lowest BCUT2D eigenvalue weighted by Crippen LogP contribution is -2.48. The number of pyridine rings is 1. The number of rotatable bonds is 6. The third-order valence-electron chi connectivity index (χ3n) is 3.65. The maximum atomic E-state index is 13.3. The van der Waals surface area contributed by atoms with Crippen LogP contribution in [0.1, 0.15) is 39.8 Å². The summed E-state index contributed by atoms with van der Waals surface area (Å²) >= 11 is 0. The number of H-pyrrole nitrogens is 1. The van der Waals surface area contributed by atoms with Crippen molar-refractivity contribution in [2.75, 3.05) is 0 Å². The summed E-state index contributed by atoms with van der Waals surface area (Å²) < 4.78 is 45.4. The van der Waals surface area contributed by atoms with Crippen molar-refractivity contribution >= 4 is 10.9 Å². The molecule has 0 spiro atoms. The van der Waals surface area contributed by atoms with Crippen molar-refractivity contribution in [3.05, 3.63) is 24.0 Å². The first-order chi connectivity index (χ1) is 11.0. The largest absolute Gasteiger partial charge is 0.475 e. The molecule has 0 saturated heterocycles. The van der Waals surface area contributed by atoms with E-state index in [-0.39, 0.29) is 18.4 Å². The normalized spacial score (nSPS) is 15.2. The molecule has 0 aliphatic heterocycles. The van der Waals surface area contributed by atoms with Crippen LogP contribution in [0.5, 0.6) is 5.88 Å². The molecule has 0 aliphatic rings. The van der Waals surface area contributed by atoms with Gasteiger partial charge in [-0.25, -0.2) is 4.98 Å². The second-order valence-corrected chi connectivity index (χ2v) is 6.88. The van der Waals surface area contributed by atoms with Crippen molar-refractivity contribution < 1.29 is 23.0 Å². The van der Waals surface area contributed by atoms with E-state index in [9.17, 15) is 18.3 Å². The van der Waals surface area contributed by atoms with Gasteiger partial charge in [-0.1, -0.05) is 13.8 Å². The molecule has 2 heterocycles. The third-order valence-corrected chi connectivity index (χ3v) is 3.65. The van der Waals surface area contributed by atoms with Gasteiger partial charge in [0.2, 0.25) is 5.88 Å². The van der Waals surface area contributed by atoms with Crippen LogP contribution < -0.4 is 4.74 Å². The predicted octanol–water partition coefficient (Wildman–Crippen LogP) is 4.23. The molecular formula is C17H23F3N2O2. The first-order valence-corrected chi connectivity index (χ1v) is 7.93. The van der Waals surface area contributed by atoms with E-state index in [0.717, 1.165) is 0 Å². The summed E-state index contributed by atoms with van der Waals surface area (Å²) in [7, 11) is 0. The summed E-state index contributed by atoms with van der Waals surface area (Å²) in [5.74, 6) is 0.130. The molecule has 4 nitrogen and oxygen atoms in total. The van der Waals surface area contributed by atoms with Crippen LogP contribution in [0.25, 0.3) is 10.9 Å². The number of hydrogen-bond donors (Lipinski definition) is 2. The van der Waals surface area contributed by atoms with Gasteiger partial charge in [0.05, 0.1) is 17.8 Å². The molecule has 0 amide bonds. The average molecular weight is 344 g/mol. The smallest absolute Gasteiger partial charge is 0.417 e.